The van der Waals surface area contributed by atoms with E-state index < -0.39 is 0 Å². The standard InChI is InChI=1S/C9H10Cl2FN/c1-13-9(5-10)7-4-6(11)2-3-8(7)12/h2-4,9,13H,5H2,1H3. The molecule has 1 N–H and O–H groups in total. The molecular weight excluding hydrogens is 212 g/mol. The van der Waals surface area contributed by atoms with Crippen LogP contribution in [-0.2, 0) is 0 Å². The van der Waals surface area contributed by atoms with E-state index in [2.05, 4.69) is 5.32 Å². The Labute approximate surface area is 86.8 Å². The molecule has 0 spiro atoms. The Morgan fingerprint density at radius 3 is 2.77 bits per heavy atom. The summed E-state index contributed by atoms with van der Waals surface area (Å²) in [5.74, 6) is 0.0257. The lowest BCUT2D eigenvalue weighted by Crippen LogP contribution is -2.18. The molecule has 0 aliphatic rings. The lowest BCUT2D eigenvalue weighted by atomic mass is 10.1. The molecule has 0 saturated heterocycles. The zero-order valence-electron chi connectivity index (χ0n) is 7.15. The molecule has 0 radical (unpaired) electrons. The van der Waals surface area contributed by atoms with Gasteiger partial charge in [-0.05, 0) is 25.2 Å². The molecule has 1 unspecified atom stereocenters. The monoisotopic (exact) mass is 221 g/mol. The van der Waals surface area contributed by atoms with E-state index in [0.29, 0.717) is 16.5 Å². The molecule has 1 atom stereocenters. The summed E-state index contributed by atoms with van der Waals surface area (Å²) < 4.78 is 13.2. The highest BCUT2D eigenvalue weighted by molar-refractivity contribution is 6.30. The highest BCUT2D eigenvalue weighted by atomic mass is 35.5. The minimum Gasteiger partial charge on any atom is -0.312 e. The van der Waals surface area contributed by atoms with Gasteiger partial charge >= 0.3 is 0 Å². The van der Waals surface area contributed by atoms with Crippen molar-refractivity contribution < 1.29 is 4.39 Å². The molecule has 0 amide bonds. The number of hydrogen-bond acceptors (Lipinski definition) is 1. The van der Waals surface area contributed by atoms with E-state index in [1.807, 2.05) is 0 Å². The molecule has 1 nitrogen and oxygen atoms in total. The second-order valence-corrected chi connectivity index (χ2v) is 3.41. The van der Waals surface area contributed by atoms with Crippen molar-refractivity contribution in [2.24, 2.45) is 0 Å². The van der Waals surface area contributed by atoms with Gasteiger partial charge in [-0.15, -0.1) is 11.6 Å². The van der Waals surface area contributed by atoms with Crippen LogP contribution < -0.4 is 5.32 Å². The molecular formula is C9H10Cl2FN. The molecule has 0 heterocycles. The summed E-state index contributed by atoms with van der Waals surface area (Å²) in [5.41, 5.74) is 0.505. The maximum atomic E-state index is 13.2. The third-order valence-corrected chi connectivity index (χ3v) is 2.38. The first-order chi connectivity index (χ1) is 6.19. The molecule has 1 rings (SSSR count). The van der Waals surface area contributed by atoms with Crippen LogP contribution in [0.25, 0.3) is 0 Å². The highest BCUT2D eigenvalue weighted by Gasteiger charge is 2.12. The van der Waals surface area contributed by atoms with Gasteiger partial charge in [0.1, 0.15) is 5.82 Å². The second-order valence-electron chi connectivity index (χ2n) is 2.66. The number of rotatable bonds is 3. The van der Waals surface area contributed by atoms with Gasteiger partial charge in [0.25, 0.3) is 0 Å². The van der Waals surface area contributed by atoms with E-state index in [4.69, 9.17) is 23.2 Å². The van der Waals surface area contributed by atoms with Gasteiger partial charge < -0.3 is 5.32 Å². The van der Waals surface area contributed by atoms with Crippen LogP contribution in [0, 0.1) is 5.82 Å². The largest absolute Gasteiger partial charge is 0.312 e. The van der Waals surface area contributed by atoms with Crippen LogP contribution in [0.5, 0.6) is 0 Å². The SMILES string of the molecule is CNC(CCl)c1cc(Cl)ccc1F. The Morgan fingerprint density at radius 2 is 2.23 bits per heavy atom. The molecule has 13 heavy (non-hydrogen) atoms. The van der Waals surface area contributed by atoms with Crippen molar-refractivity contribution in [2.75, 3.05) is 12.9 Å². The van der Waals surface area contributed by atoms with Crippen molar-refractivity contribution in [2.45, 2.75) is 6.04 Å². The fourth-order valence-electron chi connectivity index (χ4n) is 1.10. The Bertz CT molecular complexity index is 287. The number of benzene rings is 1. The Morgan fingerprint density at radius 1 is 1.54 bits per heavy atom. The summed E-state index contributed by atoms with van der Waals surface area (Å²) in [6, 6.07) is 4.25. The van der Waals surface area contributed by atoms with Crippen LogP contribution >= 0.6 is 23.2 Å². The van der Waals surface area contributed by atoms with E-state index >= 15 is 0 Å². The first-order valence-electron chi connectivity index (χ1n) is 3.87. The van der Waals surface area contributed by atoms with Crippen LogP contribution in [0.15, 0.2) is 18.2 Å². The summed E-state index contributed by atoms with van der Waals surface area (Å²) in [5, 5.41) is 3.42. The van der Waals surface area contributed by atoms with Crippen LogP contribution in [0.2, 0.25) is 5.02 Å². The fraction of sp³-hybridized carbons (Fsp3) is 0.333. The third kappa shape index (κ3) is 2.56. The maximum absolute atomic E-state index is 13.2. The predicted molar refractivity (Wildman–Crippen MR) is 53.9 cm³/mol. The topological polar surface area (TPSA) is 12.0 Å². The van der Waals surface area contributed by atoms with Gasteiger partial charge in [0, 0.05) is 22.5 Å². The van der Waals surface area contributed by atoms with Crippen LogP contribution in [0.4, 0.5) is 4.39 Å². The molecule has 0 fully saturated rings. The normalized spacial score (nSPS) is 12.9. The predicted octanol–water partition coefficient (Wildman–Crippen LogP) is 2.98. The van der Waals surface area contributed by atoms with Crippen LogP contribution in [-0.4, -0.2) is 12.9 Å². The number of nitrogens with one attached hydrogen (secondary N) is 1. The zero-order valence-corrected chi connectivity index (χ0v) is 8.66. The lowest BCUT2D eigenvalue weighted by molar-refractivity contribution is 0.564. The molecule has 72 valence electrons. The van der Waals surface area contributed by atoms with Crippen molar-refractivity contribution in [3.8, 4) is 0 Å². The Balaban J connectivity index is 3.03. The van der Waals surface area contributed by atoms with E-state index in [1.165, 1.54) is 12.1 Å². The van der Waals surface area contributed by atoms with Crippen molar-refractivity contribution in [3.63, 3.8) is 0 Å². The van der Waals surface area contributed by atoms with Crippen molar-refractivity contribution in [3.05, 3.63) is 34.6 Å². The molecule has 4 heteroatoms. The third-order valence-electron chi connectivity index (χ3n) is 1.84. The van der Waals surface area contributed by atoms with Gasteiger partial charge in [0.15, 0.2) is 0 Å². The summed E-state index contributed by atoms with van der Waals surface area (Å²) in [6.45, 7) is 0. The minimum absolute atomic E-state index is 0.194. The highest BCUT2D eigenvalue weighted by Crippen LogP contribution is 2.21. The van der Waals surface area contributed by atoms with E-state index in [1.54, 1.807) is 13.1 Å². The lowest BCUT2D eigenvalue weighted by Gasteiger charge is -2.14. The Kier molecular flexibility index (Phi) is 3.97. The van der Waals surface area contributed by atoms with Crippen LogP contribution in [0.3, 0.4) is 0 Å². The van der Waals surface area contributed by atoms with Crippen molar-refractivity contribution in [1.29, 1.82) is 0 Å². The molecule has 0 aliphatic heterocycles. The molecule has 1 aromatic rings. The van der Waals surface area contributed by atoms with Gasteiger partial charge in [0.05, 0.1) is 0 Å². The zero-order chi connectivity index (χ0) is 9.84. The van der Waals surface area contributed by atoms with Crippen LogP contribution in [0.1, 0.15) is 11.6 Å². The van der Waals surface area contributed by atoms with E-state index in [0.717, 1.165) is 0 Å². The average molecular weight is 222 g/mol. The van der Waals surface area contributed by atoms with Gasteiger partial charge in [0.2, 0.25) is 0 Å². The molecule has 0 aliphatic carbocycles. The van der Waals surface area contributed by atoms with Gasteiger partial charge in [-0.2, -0.15) is 0 Å². The summed E-state index contributed by atoms with van der Waals surface area (Å²) in [7, 11) is 1.73. The average Bonchev–Trinajstić information content (AvgIpc) is 2.13. The molecule has 0 saturated carbocycles. The van der Waals surface area contributed by atoms with Crippen molar-refractivity contribution >= 4 is 23.2 Å². The summed E-state index contributed by atoms with van der Waals surface area (Å²) in [6.07, 6.45) is 0. The van der Waals surface area contributed by atoms with Crippen molar-refractivity contribution in [1.82, 2.24) is 5.32 Å². The summed E-state index contributed by atoms with van der Waals surface area (Å²) in [4.78, 5) is 0. The Hall–Kier alpha value is -0.310. The fourth-order valence-corrected chi connectivity index (χ4v) is 1.60. The maximum Gasteiger partial charge on any atom is 0.128 e. The van der Waals surface area contributed by atoms with Gasteiger partial charge in [-0.3, -0.25) is 0 Å². The van der Waals surface area contributed by atoms with Gasteiger partial charge in [-0.25, -0.2) is 4.39 Å². The molecule has 0 aromatic heterocycles. The molecule has 1 aromatic carbocycles. The smallest absolute Gasteiger partial charge is 0.128 e. The molecule has 0 bridgehead atoms. The number of halogens is 3. The summed E-state index contributed by atoms with van der Waals surface area (Å²) >= 11 is 11.4. The van der Waals surface area contributed by atoms with Gasteiger partial charge in [-0.1, -0.05) is 11.6 Å². The van der Waals surface area contributed by atoms with E-state index in [-0.39, 0.29) is 11.9 Å². The quantitative estimate of drug-likeness (QED) is 0.775. The number of alkyl halides is 1. The first-order valence-corrected chi connectivity index (χ1v) is 4.78. The number of hydrogen-bond donors (Lipinski definition) is 1. The minimum atomic E-state index is -0.288. The first kappa shape index (κ1) is 10.8. The second kappa shape index (κ2) is 4.80. The van der Waals surface area contributed by atoms with E-state index in [9.17, 15) is 4.39 Å².